The van der Waals surface area contributed by atoms with Gasteiger partial charge in [0.2, 0.25) is 0 Å². The average Bonchev–Trinajstić information content (AvgIpc) is 2.66. The molecule has 0 aliphatic heterocycles. The van der Waals surface area contributed by atoms with Crippen LogP contribution in [0.15, 0.2) is 54.6 Å². The number of aliphatic hydroxyl groups excluding tert-OH is 1. The Balaban J connectivity index is 3.36. The summed E-state index contributed by atoms with van der Waals surface area (Å²) < 4.78 is 0. The first kappa shape index (κ1) is 23.3. The first-order valence-electron chi connectivity index (χ1n) is 9.95. The summed E-state index contributed by atoms with van der Waals surface area (Å²) in [5.41, 5.74) is 0.218. The quantitative estimate of drug-likeness (QED) is 0.284. The highest BCUT2D eigenvalue weighted by molar-refractivity contribution is 5.65. The lowest BCUT2D eigenvalue weighted by atomic mass is 9.58. The van der Waals surface area contributed by atoms with Crippen LogP contribution < -0.4 is 0 Å². The summed E-state index contributed by atoms with van der Waals surface area (Å²) in [6.07, 6.45) is 9.58. The summed E-state index contributed by atoms with van der Waals surface area (Å²) in [5.74, 6) is -0.430. The molecule has 0 radical (unpaired) electrons. The Hall–Kier alpha value is -1.71. The lowest BCUT2D eigenvalue weighted by Gasteiger charge is -2.48. The molecule has 0 amide bonds. The zero-order chi connectivity index (χ0) is 20.3. The molecule has 0 saturated heterocycles. The molecule has 0 heterocycles. The summed E-state index contributed by atoms with van der Waals surface area (Å²) >= 11 is 0. The Morgan fingerprint density at radius 3 is 2.30 bits per heavy atom. The third-order valence-corrected chi connectivity index (χ3v) is 5.70. The van der Waals surface area contributed by atoms with Crippen molar-refractivity contribution in [2.45, 2.75) is 70.8 Å². The van der Waals surface area contributed by atoms with Crippen molar-refractivity contribution >= 4 is 6.29 Å². The number of unbranched alkanes of at least 4 members (excludes halogenated alkanes) is 3. The van der Waals surface area contributed by atoms with E-state index in [4.69, 9.17) is 5.11 Å². The Morgan fingerprint density at radius 2 is 1.78 bits per heavy atom. The predicted molar refractivity (Wildman–Crippen MR) is 113 cm³/mol. The largest absolute Gasteiger partial charge is 0.396 e. The number of carbonyl (C=O) groups is 1. The van der Waals surface area contributed by atoms with Gasteiger partial charge in [-0.25, -0.2) is 0 Å². The Kier molecular flexibility index (Phi) is 9.68. The van der Waals surface area contributed by atoms with E-state index in [9.17, 15) is 9.90 Å². The molecule has 0 aromatic heterocycles. The van der Waals surface area contributed by atoms with E-state index < -0.39 is 16.9 Å². The molecule has 1 rings (SSSR count). The van der Waals surface area contributed by atoms with E-state index in [-0.39, 0.29) is 6.61 Å². The van der Waals surface area contributed by atoms with Gasteiger partial charge in [0.25, 0.3) is 0 Å². The first-order valence-corrected chi connectivity index (χ1v) is 9.95. The van der Waals surface area contributed by atoms with Gasteiger partial charge in [-0.15, -0.1) is 6.58 Å². The second kappa shape index (κ2) is 11.2. The van der Waals surface area contributed by atoms with E-state index >= 15 is 0 Å². The van der Waals surface area contributed by atoms with Crippen LogP contribution in [-0.4, -0.2) is 28.7 Å². The van der Waals surface area contributed by atoms with Gasteiger partial charge in [-0.2, -0.15) is 0 Å². The minimum Gasteiger partial charge on any atom is -0.396 e. The molecular weight excluding hydrogens is 336 g/mol. The van der Waals surface area contributed by atoms with Crippen molar-refractivity contribution in [2.24, 2.45) is 5.41 Å². The molecule has 3 unspecified atom stereocenters. The fourth-order valence-corrected chi connectivity index (χ4v) is 3.84. The number of rotatable bonds is 13. The summed E-state index contributed by atoms with van der Waals surface area (Å²) in [5, 5.41) is 20.4. The second-order valence-corrected chi connectivity index (χ2v) is 7.91. The van der Waals surface area contributed by atoms with Crippen LogP contribution in [0.3, 0.4) is 0 Å². The van der Waals surface area contributed by atoms with E-state index in [1.165, 1.54) is 0 Å². The van der Waals surface area contributed by atoms with Crippen LogP contribution in [0.1, 0.15) is 70.8 Å². The Labute approximate surface area is 164 Å². The number of aldehydes is 1. The minimum absolute atomic E-state index is 0.203. The molecule has 27 heavy (non-hydrogen) atoms. The molecule has 1 aromatic carbocycles. The average molecular weight is 373 g/mol. The molecule has 2 N–H and O–H groups in total. The maximum Gasteiger partial charge on any atom is 0.128 e. The SMILES string of the molecule is C=CC(C)(O)C(CC=C(C)C)(CCCCCCO)C(C=O)c1ccccc1. The van der Waals surface area contributed by atoms with Gasteiger partial charge < -0.3 is 15.0 Å². The van der Waals surface area contributed by atoms with Crippen LogP contribution in [0.4, 0.5) is 0 Å². The van der Waals surface area contributed by atoms with Crippen LogP contribution in [0, 0.1) is 5.41 Å². The van der Waals surface area contributed by atoms with Gasteiger partial charge in [0.05, 0.1) is 5.60 Å². The zero-order valence-corrected chi connectivity index (χ0v) is 17.2. The maximum absolute atomic E-state index is 12.3. The van der Waals surface area contributed by atoms with Crippen molar-refractivity contribution in [2.75, 3.05) is 6.61 Å². The van der Waals surface area contributed by atoms with Gasteiger partial charge in [-0.3, -0.25) is 0 Å². The first-order chi connectivity index (χ1) is 12.8. The third-order valence-electron chi connectivity index (χ3n) is 5.70. The van der Waals surface area contributed by atoms with Crippen molar-refractivity contribution in [3.63, 3.8) is 0 Å². The fourth-order valence-electron chi connectivity index (χ4n) is 3.84. The molecule has 0 aliphatic carbocycles. The number of hydrogen-bond acceptors (Lipinski definition) is 3. The van der Waals surface area contributed by atoms with Crippen molar-refractivity contribution < 1.29 is 15.0 Å². The van der Waals surface area contributed by atoms with Crippen LogP contribution in [-0.2, 0) is 4.79 Å². The second-order valence-electron chi connectivity index (χ2n) is 7.91. The summed E-state index contributed by atoms with van der Waals surface area (Å²) in [7, 11) is 0. The molecule has 3 nitrogen and oxygen atoms in total. The number of aliphatic hydroxyl groups is 2. The van der Waals surface area contributed by atoms with Gasteiger partial charge >= 0.3 is 0 Å². The Bertz CT molecular complexity index is 599. The normalized spacial score (nSPS) is 16.6. The summed E-state index contributed by atoms with van der Waals surface area (Å²) in [6.45, 7) is 9.92. The zero-order valence-electron chi connectivity index (χ0n) is 17.2. The molecule has 0 spiro atoms. The van der Waals surface area contributed by atoms with Crippen LogP contribution in [0.5, 0.6) is 0 Å². The number of allylic oxidation sites excluding steroid dienone is 2. The smallest absolute Gasteiger partial charge is 0.128 e. The molecule has 150 valence electrons. The fraction of sp³-hybridized carbons (Fsp3) is 0.542. The highest BCUT2D eigenvalue weighted by Crippen LogP contribution is 2.51. The third kappa shape index (κ3) is 6.15. The van der Waals surface area contributed by atoms with Crippen molar-refractivity contribution in [3.8, 4) is 0 Å². The Morgan fingerprint density at radius 1 is 1.15 bits per heavy atom. The van der Waals surface area contributed by atoms with Gasteiger partial charge in [0.1, 0.15) is 6.29 Å². The molecule has 0 fully saturated rings. The maximum atomic E-state index is 12.3. The van der Waals surface area contributed by atoms with Gasteiger partial charge in [-0.1, -0.05) is 67.3 Å². The van der Waals surface area contributed by atoms with Gasteiger partial charge in [-0.05, 0) is 45.6 Å². The minimum atomic E-state index is -1.20. The van der Waals surface area contributed by atoms with Crippen LogP contribution >= 0.6 is 0 Å². The van der Waals surface area contributed by atoms with Gasteiger partial charge in [0, 0.05) is 17.9 Å². The molecule has 3 heteroatoms. The molecule has 0 aliphatic rings. The highest BCUT2D eigenvalue weighted by atomic mass is 16.3. The van der Waals surface area contributed by atoms with E-state index in [0.717, 1.165) is 43.1 Å². The molecule has 0 bridgehead atoms. The lowest BCUT2D eigenvalue weighted by molar-refractivity contribution is -0.119. The summed E-state index contributed by atoms with van der Waals surface area (Å²) in [6, 6.07) is 9.72. The molecular formula is C24H36O3. The van der Waals surface area contributed by atoms with E-state index in [0.29, 0.717) is 12.8 Å². The van der Waals surface area contributed by atoms with Crippen molar-refractivity contribution in [1.29, 1.82) is 0 Å². The number of carbonyl (C=O) groups excluding carboxylic acids is 1. The van der Waals surface area contributed by atoms with E-state index in [1.807, 2.05) is 44.2 Å². The molecule has 0 saturated carbocycles. The molecule has 1 aromatic rings. The van der Waals surface area contributed by atoms with Crippen molar-refractivity contribution in [1.82, 2.24) is 0 Å². The number of hydrogen-bond donors (Lipinski definition) is 2. The lowest BCUT2D eigenvalue weighted by Crippen LogP contribution is -2.49. The number of benzene rings is 1. The van der Waals surface area contributed by atoms with E-state index in [2.05, 4.69) is 12.7 Å². The van der Waals surface area contributed by atoms with Crippen LogP contribution in [0.25, 0.3) is 0 Å². The standard InChI is InChI=1S/C24H36O3/c1-5-23(4,27)24(17-15-20(2)3,16-11-6-7-12-18-25)22(19-26)21-13-9-8-10-14-21/h5,8-10,13-15,19,22,25,27H,1,6-7,11-12,16-18H2,2-4H3. The topological polar surface area (TPSA) is 57.5 Å². The van der Waals surface area contributed by atoms with Crippen molar-refractivity contribution in [3.05, 3.63) is 60.2 Å². The predicted octanol–water partition coefficient (Wildman–Crippen LogP) is 5.19. The summed E-state index contributed by atoms with van der Waals surface area (Å²) in [4.78, 5) is 12.3. The van der Waals surface area contributed by atoms with Crippen LogP contribution in [0.2, 0.25) is 0 Å². The molecule has 3 atom stereocenters. The monoisotopic (exact) mass is 372 g/mol. The highest BCUT2D eigenvalue weighted by Gasteiger charge is 2.50. The van der Waals surface area contributed by atoms with E-state index in [1.54, 1.807) is 13.0 Å². The van der Waals surface area contributed by atoms with Gasteiger partial charge in [0.15, 0.2) is 0 Å².